The Kier molecular flexibility index (Phi) is 1.24. The van der Waals surface area contributed by atoms with Crippen molar-refractivity contribution in [2.24, 2.45) is 5.92 Å². The molecule has 0 aliphatic heterocycles. The number of carbonyl (C=O) groups excluding carboxylic acids is 1. The minimum atomic E-state index is -3.62. The molecule has 5 heteroatoms. The fourth-order valence-electron chi connectivity index (χ4n) is 0.755. The Bertz CT molecular complexity index is 199. The van der Waals surface area contributed by atoms with Crippen LogP contribution in [-0.2, 0) is 9.59 Å². The van der Waals surface area contributed by atoms with Gasteiger partial charge in [-0.25, -0.2) is 0 Å². The van der Waals surface area contributed by atoms with Crippen LogP contribution in [0.1, 0.15) is 6.42 Å². The van der Waals surface area contributed by atoms with Gasteiger partial charge in [0.1, 0.15) is 5.92 Å². The lowest BCUT2D eigenvalue weighted by molar-refractivity contribution is -0.186. The largest absolute Gasteiger partial charge is 0.481 e. The van der Waals surface area contributed by atoms with Crippen molar-refractivity contribution in [1.29, 1.82) is 0 Å². The lowest BCUT2D eigenvalue weighted by Crippen LogP contribution is -2.53. The van der Waals surface area contributed by atoms with Crippen molar-refractivity contribution in [3.05, 3.63) is 0 Å². The number of alkyl halides is 2. The molecule has 1 saturated carbocycles. The molecular formula is C5H4F2O3. The van der Waals surface area contributed by atoms with Crippen molar-refractivity contribution in [2.45, 2.75) is 12.3 Å². The molecule has 3 nitrogen and oxygen atoms in total. The Balaban J connectivity index is 2.72. The van der Waals surface area contributed by atoms with Gasteiger partial charge in [0, 0.05) is 6.42 Å². The van der Waals surface area contributed by atoms with Crippen molar-refractivity contribution < 1.29 is 23.5 Å². The highest BCUT2D eigenvalue weighted by Gasteiger charge is 2.61. The Morgan fingerprint density at radius 1 is 1.70 bits per heavy atom. The number of carboxylic acids is 1. The van der Waals surface area contributed by atoms with E-state index in [-0.39, 0.29) is 0 Å². The van der Waals surface area contributed by atoms with Crippen LogP contribution in [0.4, 0.5) is 8.78 Å². The van der Waals surface area contributed by atoms with E-state index < -0.39 is 30.0 Å². The predicted octanol–water partition coefficient (Wildman–Crippen LogP) is 0.295. The molecule has 1 aliphatic rings. The predicted molar refractivity (Wildman–Crippen MR) is 25.7 cm³/mol. The van der Waals surface area contributed by atoms with E-state index in [2.05, 4.69) is 0 Å². The minimum Gasteiger partial charge on any atom is -0.481 e. The Hall–Kier alpha value is -1.00. The summed E-state index contributed by atoms with van der Waals surface area (Å²) < 4.78 is 24.2. The topological polar surface area (TPSA) is 54.4 Å². The maximum Gasteiger partial charge on any atom is 0.318 e. The molecule has 1 atom stereocenters. The highest BCUT2D eigenvalue weighted by molar-refractivity contribution is 6.00. The summed E-state index contributed by atoms with van der Waals surface area (Å²) in [6.07, 6.45) is -0.539. The second-order valence-corrected chi connectivity index (χ2v) is 2.14. The molecule has 1 fully saturated rings. The lowest BCUT2D eigenvalue weighted by atomic mass is 9.79. The van der Waals surface area contributed by atoms with Gasteiger partial charge in [-0.2, -0.15) is 8.78 Å². The molecule has 0 aromatic heterocycles. The lowest BCUT2D eigenvalue weighted by Gasteiger charge is -2.30. The van der Waals surface area contributed by atoms with E-state index in [9.17, 15) is 18.4 Å². The number of aliphatic carboxylic acids is 1. The van der Waals surface area contributed by atoms with E-state index in [0.29, 0.717) is 0 Å². The summed E-state index contributed by atoms with van der Waals surface area (Å²) in [6.45, 7) is 0. The van der Waals surface area contributed by atoms with E-state index in [1.54, 1.807) is 0 Å². The van der Waals surface area contributed by atoms with E-state index in [1.807, 2.05) is 0 Å². The molecule has 0 saturated heterocycles. The Morgan fingerprint density at radius 2 is 2.20 bits per heavy atom. The zero-order valence-corrected chi connectivity index (χ0v) is 4.80. The zero-order valence-electron chi connectivity index (χ0n) is 4.80. The maximum absolute atomic E-state index is 12.1. The number of halogens is 2. The van der Waals surface area contributed by atoms with Gasteiger partial charge in [-0.15, -0.1) is 0 Å². The van der Waals surface area contributed by atoms with Gasteiger partial charge in [0.15, 0.2) is 0 Å². The molecule has 0 radical (unpaired) electrons. The molecule has 56 valence electrons. The number of hydrogen-bond acceptors (Lipinski definition) is 2. The molecule has 0 heterocycles. The molecule has 1 aliphatic carbocycles. The minimum absolute atomic E-state index is 0.539. The highest BCUT2D eigenvalue weighted by Crippen LogP contribution is 2.39. The van der Waals surface area contributed by atoms with E-state index in [0.717, 1.165) is 0 Å². The number of Topliss-reactive ketones (excluding diaryl/α,β-unsaturated/α-hetero) is 1. The SMILES string of the molecule is O=C(O)C1CC(=O)C1(F)F. The Morgan fingerprint density at radius 3 is 2.30 bits per heavy atom. The van der Waals surface area contributed by atoms with Crippen LogP contribution in [0.2, 0.25) is 0 Å². The summed E-state index contributed by atoms with van der Waals surface area (Å²) in [6, 6.07) is 0. The van der Waals surface area contributed by atoms with Crippen molar-refractivity contribution in [3.63, 3.8) is 0 Å². The third-order valence-corrected chi connectivity index (χ3v) is 1.50. The molecule has 0 aromatic carbocycles. The second-order valence-electron chi connectivity index (χ2n) is 2.14. The molecule has 0 aromatic rings. The van der Waals surface area contributed by atoms with Crippen LogP contribution in [0.5, 0.6) is 0 Å². The number of carbonyl (C=O) groups is 2. The van der Waals surface area contributed by atoms with Crippen LogP contribution in [-0.4, -0.2) is 22.8 Å². The first-order valence-corrected chi connectivity index (χ1v) is 2.60. The standard InChI is InChI=1S/C5H4F2O3/c6-5(7)2(4(9)10)1-3(5)8/h2H,1H2,(H,9,10). The van der Waals surface area contributed by atoms with Gasteiger partial charge in [-0.1, -0.05) is 0 Å². The molecule has 0 spiro atoms. The number of ketones is 1. The van der Waals surface area contributed by atoms with Crippen molar-refractivity contribution in [2.75, 3.05) is 0 Å². The van der Waals surface area contributed by atoms with Crippen LogP contribution in [0.3, 0.4) is 0 Å². The molecule has 0 bridgehead atoms. The molecule has 1 N–H and O–H groups in total. The monoisotopic (exact) mass is 150 g/mol. The normalized spacial score (nSPS) is 29.4. The smallest absolute Gasteiger partial charge is 0.318 e. The van der Waals surface area contributed by atoms with Crippen LogP contribution < -0.4 is 0 Å². The molecule has 1 rings (SSSR count). The number of carboxylic acid groups (broad SMARTS) is 1. The van der Waals surface area contributed by atoms with Crippen LogP contribution in [0.25, 0.3) is 0 Å². The van der Waals surface area contributed by atoms with Crippen molar-refractivity contribution in [1.82, 2.24) is 0 Å². The van der Waals surface area contributed by atoms with Gasteiger partial charge in [0.25, 0.3) is 0 Å². The maximum atomic E-state index is 12.1. The summed E-state index contributed by atoms with van der Waals surface area (Å²) in [7, 11) is 0. The van der Waals surface area contributed by atoms with Gasteiger partial charge in [0.05, 0.1) is 0 Å². The van der Waals surface area contributed by atoms with Crippen LogP contribution in [0.15, 0.2) is 0 Å². The van der Waals surface area contributed by atoms with Gasteiger partial charge in [-0.3, -0.25) is 9.59 Å². The van der Waals surface area contributed by atoms with Gasteiger partial charge >= 0.3 is 11.9 Å². The fraction of sp³-hybridized carbons (Fsp3) is 0.600. The summed E-state index contributed by atoms with van der Waals surface area (Å²) in [5.74, 6) is -8.30. The first kappa shape index (κ1) is 7.11. The third-order valence-electron chi connectivity index (χ3n) is 1.50. The number of rotatable bonds is 1. The first-order valence-electron chi connectivity index (χ1n) is 2.60. The summed E-state index contributed by atoms with van der Waals surface area (Å²) >= 11 is 0. The van der Waals surface area contributed by atoms with Crippen LogP contribution >= 0.6 is 0 Å². The van der Waals surface area contributed by atoms with Crippen molar-refractivity contribution >= 4 is 11.8 Å². The van der Waals surface area contributed by atoms with E-state index in [4.69, 9.17) is 5.11 Å². The first-order chi connectivity index (χ1) is 4.46. The highest BCUT2D eigenvalue weighted by atomic mass is 19.3. The average molecular weight is 150 g/mol. The second kappa shape index (κ2) is 1.74. The molecule has 10 heavy (non-hydrogen) atoms. The van der Waals surface area contributed by atoms with Gasteiger partial charge in [-0.05, 0) is 0 Å². The quantitative estimate of drug-likeness (QED) is 0.584. The Labute approximate surface area is 54.6 Å². The van der Waals surface area contributed by atoms with E-state index >= 15 is 0 Å². The van der Waals surface area contributed by atoms with Crippen molar-refractivity contribution in [3.8, 4) is 0 Å². The summed E-state index contributed by atoms with van der Waals surface area (Å²) in [5.41, 5.74) is 0. The van der Waals surface area contributed by atoms with Gasteiger partial charge < -0.3 is 5.11 Å². The molecular weight excluding hydrogens is 146 g/mol. The fourth-order valence-corrected chi connectivity index (χ4v) is 0.755. The van der Waals surface area contributed by atoms with Gasteiger partial charge in [0.2, 0.25) is 5.78 Å². The zero-order chi connectivity index (χ0) is 7.94. The average Bonchev–Trinajstić information content (AvgIpc) is 1.82. The van der Waals surface area contributed by atoms with E-state index in [1.165, 1.54) is 0 Å². The van der Waals surface area contributed by atoms with Crippen LogP contribution in [0, 0.1) is 5.92 Å². The molecule has 0 amide bonds. The third kappa shape index (κ3) is 0.698. The molecule has 1 unspecified atom stereocenters. The number of hydrogen-bond donors (Lipinski definition) is 1. The summed E-state index contributed by atoms with van der Waals surface area (Å²) in [5, 5.41) is 8.05. The summed E-state index contributed by atoms with van der Waals surface area (Å²) in [4.78, 5) is 20.0.